The lowest BCUT2D eigenvalue weighted by atomic mass is 10.0. The maximum Gasteiger partial charge on any atom is 0.126 e. The standard InChI is InChI=1S/C13H12BrClFNS/c1-17-11(12-7-9(15)13(14)18-12)6-8-4-2-3-5-10(8)16/h2-5,7,11,17H,6H2,1H3. The molecule has 5 heteroatoms. The van der Waals surface area contributed by atoms with Crippen molar-refractivity contribution in [2.45, 2.75) is 12.5 Å². The minimum Gasteiger partial charge on any atom is -0.312 e. The predicted octanol–water partition coefficient (Wildman–Crippen LogP) is 4.81. The van der Waals surface area contributed by atoms with Crippen LogP contribution in [0, 0.1) is 5.82 Å². The summed E-state index contributed by atoms with van der Waals surface area (Å²) in [5.74, 6) is -0.167. The molecule has 1 aromatic heterocycles. The van der Waals surface area contributed by atoms with E-state index in [1.54, 1.807) is 17.4 Å². The van der Waals surface area contributed by atoms with Gasteiger partial charge in [-0.05, 0) is 47.1 Å². The van der Waals surface area contributed by atoms with Crippen LogP contribution >= 0.6 is 38.9 Å². The number of thiophene rings is 1. The zero-order valence-electron chi connectivity index (χ0n) is 9.71. The Labute approximate surface area is 123 Å². The lowest BCUT2D eigenvalue weighted by Crippen LogP contribution is -2.18. The Kier molecular flexibility index (Phi) is 4.78. The number of halogens is 3. The molecule has 2 aromatic rings. The highest BCUT2D eigenvalue weighted by Gasteiger charge is 2.16. The summed E-state index contributed by atoms with van der Waals surface area (Å²) in [4.78, 5) is 1.10. The summed E-state index contributed by atoms with van der Waals surface area (Å²) in [6, 6.07) is 8.83. The van der Waals surface area contributed by atoms with Crippen LogP contribution in [0.2, 0.25) is 5.02 Å². The summed E-state index contributed by atoms with van der Waals surface area (Å²) < 4.78 is 14.5. The van der Waals surface area contributed by atoms with Gasteiger partial charge in [0.05, 0.1) is 8.81 Å². The highest BCUT2D eigenvalue weighted by molar-refractivity contribution is 9.11. The van der Waals surface area contributed by atoms with Crippen LogP contribution in [-0.2, 0) is 6.42 Å². The summed E-state index contributed by atoms with van der Waals surface area (Å²) in [6.45, 7) is 0. The SMILES string of the molecule is CNC(Cc1ccccc1F)c1cc(Cl)c(Br)s1. The van der Waals surface area contributed by atoms with Gasteiger partial charge in [-0.15, -0.1) is 11.3 Å². The molecule has 0 aliphatic heterocycles. The van der Waals surface area contributed by atoms with Gasteiger partial charge in [0.2, 0.25) is 0 Å². The van der Waals surface area contributed by atoms with E-state index in [1.165, 1.54) is 6.07 Å². The quantitative estimate of drug-likeness (QED) is 0.836. The molecule has 0 bridgehead atoms. The van der Waals surface area contributed by atoms with Crippen molar-refractivity contribution < 1.29 is 4.39 Å². The fraction of sp³-hybridized carbons (Fsp3) is 0.231. The van der Waals surface area contributed by atoms with Gasteiger partial charge >= 0.3 is 0 Å². The number of benzene rings is 1. The zero-order chi connectivity index (χ0) is 13.1. The Morgan fingerprint density at radius 1 is 1.44 bits per heavy atom. The molecular formula is C13H12BrClFNS. The van der Waals surface area contributed by atoms with Gasteiger partial charge in [0, 0.05) is 10.9 Å². The van der Waals surface area contributed by atoms with Crippen LogP contribution in [0.4, 0.5) is 4.39 Å². The number of hydrogen-bond donors (Lipinski definition) is 1. The van der Waals surface area contributed by atoms with Gasteiger partial charge in [0.15, 0.2) is 0 Å². The van der Waals surface area contributed by atoms with Crippen LogP contribution in [0.15, 0.2) is 34.1 Å². The number of nitrogens with one attached hydrogen (secondary N) is 1. The highest BCUT2D eigenvalue weighted by atomic mass is 79.9. The largest absolute Gasteiger partial charge is 0.312 e. The first-order valence-electron chi connectivity index (χ1n) is 5.47. The van der Waals surface area contributed by atoms with Crippen molar-refractivity contribution in [1.82, 2.24) is 5.32 Å². The molecule has 0 saturated carbocycles. The van der Waals surface area contributed by atoms with Gasteiger partial charge in [0.1, 0.15) is 5.82 Å². The molecule has 18 heavy (non-hydrogen) atoms. The van der Waals surface area contributed by atoms with E-state index in [0.717, 1.165) is 8.66 Å². The summed E-state index contributed by atoms with van der Waals surface area (Å²) in [7, 11) is 1.87. The Morgan fingerprint density at radius 2 is 2.17 bits per heavy atom. The average molecular weight is 349 g/mol. The second kappa shape index (κ2) is 6.15. The summed E-state index contributed by atoms with van der Waals surface area (Å²) in [5, 5.41) is 3.90. The molecule has 0 aliphatic rings. The number of rotatable bonds is 4. The first-order valence-corrected chi connectivity index (χ1v) is 7.46. The van der Waals surface area contributed by atoms with Crippen LogP contribution < -0.4 is 5.32 Å². The van der Waals surface area contributed by atoms with Gasteiger partial charge in [-0.2, -0.15) is 0 Å². The van der Waals surface area contributed by atoms with Crippen molar-refractivity contribution in [2.75, 3.05) is 7.05 Å². The molecule has 0 radical (unpaired) electrons. The lowest BCUT2D eigenvalue weighted by Gasteiger charge is -2.14. The first-order chi connectivity index (χ1) is 8.61. The average Bonchev–Trinajstić information content (AvgIpc) is 2.68. The van der Waals surface area contributed by atoms with Crippen LogP contribution in [0.5, 0.6) is 0 Å². The molecule has 1 heterocycles. The second-order valence-electron chi connectivity index (χ2n) is 3.91. The predicted molar refractivity (Wildman–Crippen MR) is 78.9 cm³/mol. The maximum absolute atomic E-state index is 13.6. The molecule has 1 aromatic carbocycles. The lowest BCUT2D eigenvalue weighted by molar-refractivity contribution is 0.560. The zero-order valence-corrected chi connectivity index (χ0v) is 12.9. The Bertz CT molecular complexity index is 524. The molecule has 1 nitrogen and oxygen atoms in total. The van der Waals surface area contributed by atoms with Crippen LogP contribution in [0.1, 0.15) is 16.5 Å². The summed E-state index contributed by atoms with van der Waals surface area (Å²) in [6.07, 6.45) is 0.604. The van der Waals surface area contributed by atoms with E-state index in [9.17, 15) is 4.39 Å². The van der Waals surface area contributed by atoms with Gasteiger partial charge in [-0.25, -0.2) is 4.39 Å². The van der Waals surface area contributed by atoms with Crippen LogP contribution in [-0.4, -0.2) is 7.05 Å². The number of hydrogen-bond acceptors (Lipinski definition) is 2. The molecule has 96 valence electrons. The van der Waals surface area contributed by atoms with Crippen LogP contribution in [0.3, 0.4) is 0 Å². The molecule has 0 saturated heterocycles. The van der Waals surface area contributed by atoms with E-state index in [2.05, 4.69) is 21.2 Å². The van der Waals surface area contributed by atoms with Crippen LogP contribution in [0.25, 0.3) is 0 Å². The van der Waals surface area contributed by atoms with Gasteiger partial charge in [-0.1, -0.05) is 29.8 Å². The Morgan fingerprint density at radius 3 is 2.72 bits per heavy atom. The third kappa shape index (κ3) is 3.12. The maximum atomic E-state index is 13.6. The fourth-order valence-electron chi connectivity index (χ4n) is 1.76. The molecule has 1 atom stereocenters. The second-order valence-corrected chi connectivity index (χ2v) is 6.72. The van der Waals surface area contributed by atoms with Gasteiger partial charge < -0.3 is 5.32 Å². The summed E-state index contributed by atoms with van der Waals surface area (Å²) in [5.41, 5.74) is 0.706. The number of likely N-dealkylation sites (N-methyl/N-ethyl adjacent to an activating group) is 1. The third-order valence-corrected chi connectivity index (χ3v) is 5.33. The molecular weight excluding hydrogens is 337 g/mol. The Hall–Kier alpha value is -0.420. The van der Waals surface area contributed by atoms with Crippen molar-refractivity contribution >= 4 is 38.9 Å². The van der Waals surface area contributed by atoms with E-state index >= 15 is 0 Å². The molecule has 0 fully saturated rings. The molecule has 0 spiro atoms. The highest BCUT2D eigenvalue weighted by Crippen LogP contribution is 2.36. The normalized spacial score (nSPS) is 12.7. The fourth-order valence-corrected chi connectivity index (χ4v) is 3.62. The van der Waals surface area contributed by atoms with Crippen molar-refractivity contribution in [3.63, 3.8) is 0 Å². The smallest absolute Gasteiger partial charge is 0.126 e. The minimum atomic E-state index is -0.167. The molecule has 2 rings (SSSR count). The van der Waals surface area contributed by atoms with E-state index < -0.39 is 0 Å². The Balaban J connectivity index is 2.22. The van der Waals surface area contributed by atoms with Crippen molar-refractivity contribution in [3.05, 3.63) is 55.4 Å². The van der Waals surface area contributed by atoms with Gasteiger partial charge in [-0.3, -0.25) is 0 Å². The van der Waals surface area contributed by atoms with Crippen molar-refractivity contribution in [2.24, 2.45) is 0 Å². The minimum absolute atomic E-state index is 0.0655. The topological polar surface area (TPSA) is 12.0 Å². The van der Waals surface area contributed by atoms with E-state index in [0.29, 0.717) is 17.0 Å². The molecule has 1 unspecified atom stereocenters. The monoisotopic (exact) mass is 347 g/mol. The van der Waals surface area contributed by atoms with Crippen molar-refractivity contribution in [3.8, 4) is 0 Å². The van der Waals surface area contributed by atoms with Gasteiger partial charge in [0.25, 0.3) is 0 Å². The third-order valence-electron chi connectivity index (χ3n) is 2.74. The first kappa shape index (κ1) is 14.0. The van der Waals surface area contributed by atoms with Crippen molar-refractivity contribution in [1.29, 1.82) is 0 Å². The molecule has 1 N–H and O–H groups in total. The van der Waals surface area contributed by atoms with E-state index in [4.69, 9.17) is 11.6 Å². The molecule has 0 aliphatic carbocycles. The molecule has 0 amide bonds. The van der Waals surface area contributed by atoms with E-state index in [-0.39, 0.29) is 11.9 Å². The van der Waals surface area contributed by atoms with E-state index in [1.807, 2.05) is 25.2 Å². The summed E-state index contributed by atoms with van der Waals surface area (Å²) >= 11 is 11.0.